The summed E-state index contributed by atoms with van der Waals surface area (Å²) in [5.41, 5.74) is 0.718. The molecule has 0 aliphatic heterocycles. The number of methoxy groups -OCH3 is 2. The van der Waals surface area contributed by atoms with Gasteiger partial charge in [-0.15, -0.1) is 5.10 Å². The van der Waals surface area contributed by atoms with E-state index in [9.17, 15) is 4.79 Å². The summed E-state index contributed by atoms with van der Waals surface area (Å²) >= 11 is 0. The first kappa shape index (κ1) is 14.8. The predicted molar refractivity (Wildman–Crippen MR) is 73.2 cm³/mol. The average Bonchev–Trinajstić information content (AvgIpc) is 2.94. The summed E-state index contributed by atoms with van der Waals surface area (Å²) < 4.78 is 11.9. The van der Waals surface area contributed by atoms with Gasteiger partial charge in [-0.3, -0.25) is 4.79 Å². The molecule has 2 aromatic rings. The van der Waals surface area contributed by atoms with Crippen LogP contribution in [-0.2, 0) is 11.3 Å². The highest BCUT2D eigenvalue weighted by molar-refractivity contribution is 5.69. The fourth-order valence-electron chi connectivity index (χ4n) is 1.85. The Morgan fingerprint density at radius 2 is 2.05 bits per heavy atom. The molecule has 8 heteroatoms. The van der Waals surface area contributed by atoms with Gasteiger partial charge in [-0.25, -0.2) is 4.68 Å². The summed E-state index contributed by atoms with van der Waals surface area (Å²) in [7, 11) is 3.09. The number of benzene rings is 1. The molecule has 1 N–H and O–H groups in total. The quantitative estimate of drug-likeness (QED) is 0.850. The van der Waals surface area contributed by atoms with Gasteiger partial charge in [0.2, 0.25) is 0 Å². The Morgan fingerprint density at radius 3 is 2.67 bits per heavy atom. The standard InChI is InChI=1S/C13H16N4O4/c1-8(13(18)19)7-17-12(14-15-16-17)9-4-5-10(20-2)11(6-9)21-3/h4-6,8H,7H2,1-3H3,(H,18,19). The number of aliphatic carboxylic acids is 1. The molecule has 2 rings (SSSR count). The van der Waals surface area contributed by atoms with E-state index in [1.165, 1.54) is 11.8 Å². The zero-order chi connectivity index (χ0) is 15.4. The van der Waals surface area contributed by atoms with Gasteiger partial charge in [-0.05, 0) is 28.6 Å². The first-order valence-corrected chi connectivity index (χ1v) is 6.28. The number of rotatable bonds is 6. The van der Waals surface area contributed by atoms with Crippen LogP contribution in [0.4, 0.5) is 0 Å². The number of ether oxygens (including phenoxy) is 2. The Bertz CT molecular complexity index is 641. The summed E-state index contributed by atoms with van der Waals surface area (Å²) in [5, 5.41) is 20.4. The number of hydrogen-bond donors (Lipinski definition) is 1. The van der Waals surface area contributed by atoms with E-state index in [1.54, 1.807) is 32.2 Å². The van der Waals surface area contributed by atoms with Crippen molar-refractivity contribution in [1.29, 1.82) is 0 Å². The Labute approximate surface area is 121 Å². The molecule has 0 bridgehead atoms. The molecule has 1 aromatic heterocycles. The van der Waals surface area contributed by atoms with Crippen LogP contribution < -0.4 is 9.47 Å². The molecule has 1 unspecified atom stereocenters. The number of tetrazole rings is 1. The molecular weight excluding hydrogens is 276 g/mol. The van der Waals surface area contributed by atoms with Crippen molar-refractivity contribution in [3.63, 3.8) is 0 Å². The number of carbonyl (C=O) groups is 1. The van der Waals surface area contributed by atoms with Crippen LogP contribution in [0.2, 0.25) is 0 Å². The lowest BCUT2D eigenvalue weighted by Crippen LogP contribution is -2.18. The van der Waals surface area contributed by atoms with Gasteiger partial charge in [0.1, 0.15) is 0 Å². The Kier molecular flexibility index (Phi) is 4.36. The highest BCUT2D eigenvalue weighted by atomic mass is 16.5. The fraction of sp³-hybridized carbons (Fsp3) is 0.385. The molecule has 0 spiro atoms. The van der Waals surface area contributed by atoms with Crippen LogP contribution in [0, 0.1) is 5.92 Å². The second-order valence-electron chi connectivity index (χ2n) is 4.49. The Balaban J connectivity index is 2.35. The van der Waals surface area contributed by atoms with E-state index in [-0.39, 0.29) is 6.54 Å². The monoisotopic (exact) mass is 292 g/mol. The second-order valence-corrected chi connectivity index (χ2v) is 4.49. The maximum Gasteiger partial charge on any atom is 0.308 e. The van der Waals surface area contributed by atoms with Crippen molar-refractivity contribution in [2.45, 2.75) is 13.5 Å². The van der Waals surface area contributed by atoms with Crippen LogP contribution >= 0.6 is 0 Å². The summed E-state index contributed by atoms with van der Waals surface area (Å²) in [4.78, 5) is 10.9. The summed E-state index contributed by atoms with van der Waals surface area (Å²) in [6, 6.07) is 5.27. The molecule has 0 saturated carbocycles. The predicted octanol–water partition coefficient (Wildman–Crippen LogP) is 1.08. The number of nitrogens with zero attached hydrogens (tertiary/aromatic N) is 4. The Hall–Kier alpha value is -2.64. The Morgan fingerprint density at radius 1 is 1.33 bits per heavy atom. The second kappa shape index (κ2) is 6.21. The fourth-order valence-corrected chi connectivity index (χ4v) is 1.85. The smallest absolute Gasteiger partial charge is 0.308 e. The lowest BCUT2D eigenvalue weighted by Gasteiger charge is -2.10. The zero-order valence-corrected chi connectivity index (χ0v) is 12.0. The molecule has 1 atom stereocenters. The lowest BCUT2D eigenvalue weighted by molar-refractivity contribution is -0.141. The van der Waals surface area contributed by atoms with E-state index < -0.39 is 11.9 Å². The van der Waals surface area contributed by atoms with E-state index in [0.29, 0.717) is 17.3 Å². The SMILES string of the molecule is COc1ccc(-c2nnnn2CC(C)C(=O)O)cc1OC. The normalized spacial score (nSPS) is 12.0. The molecule has 21 heavy (non-hydrogen) atoms. The molecule has 0 saturated heterocycles. The van der Waals surface area contributed by atoms with Gasteiger partial charge in [0, 0.05) is 5.56 Å². The number of aromatic nitrogens is 4. The molecule has 112 valence electrons. The number of hydrogen-bond acceptors (Lipinski definition) is 6. The topological polar surface area (TPSA) is 99.4 Å². The van der Waals surface area contributed by atoms with E-state index in [4.69, 9.17) is 14.6 Å². The van der Waals surface area contributed by atoms with Crippen molar-refractivity contribution >= 4 is 5.97 Å². The van der Waals surface area contributed by atoms with E-state index in [1.807, 2.05) is 0 Å². The van der Waals surface area contributed by atoms with Crippen molar-refractivity contribution in [2.24, 2.45) is 5.92 Å². The summed E-state index contributed by atoms with van der Waals surface area (Å²) in [6.07, 6.45) is 0. The highest BCUT2D eigenvalue weighted by Gasteiger charge is 2.17. The van der Waals surface area contributed by atoms with Crippen LogP contribution in [0.15, 0.2) is 18.2 Å². The van der Waals surface area contributed by atoms with Gasteiger partial charge in [0.15, 0.2) is 17.3 Å². The minimum atomic E-state index is -0.899. The van der Waals surface area contributed by atoms with E-state index >= 15 is 0 Å². The third-order valence-corrected chi connectivity index (χ3v) is 3.04. The molecule has 0 radical (unpaired) electrons. The molecular formula is C13H16N4O4. The van der Waals surface area contributed by atoms with Gasteiger partial charge in [-0.1, -0.05) is 6.92 Å². The van der Waals surface area contributed by atoms with E-state index in [2.05, 4.69) is 15.5 Å². The highest BCUT2D eigenvalue weighted by Crippen LogP contribution is 2.31. The van der Waals surface area contributed by atoms with Crippen LogP contribution in [-0.4, -0.2) is 45.5 Å². The van der Waals surface area contributed by atoms with Crippen LogP contribution in [0.1, 0.15) is 6.92 Å². The van der Waals surface area contributed by atoms with Gasteiger partial charge in [-0.2, -0.15) is 0 Å². The molecule has 8 nitrogen and oxygen atoms in total. The minimum Gasteiger partial charge on any atom is -0.493 e. The number of carboxylic acid groups (broad SMARTS) is 1. The maximum atomic E-state index is 10.9. The van der Waals surface area contributed by atoms with Gasteiger partial charge in [0.25, 0.3) is 0 Å². The third-order valence-electron chi connectivity index (χ3n) is 3.04. The molecule has 0 aliphatic carbocycles. The maximum absolute atomic E-state index is 10.9. The van der Waals surface area contributed by atoms with Gasteiger partial charge < -0.3 is 14.6 Å². The van der Waals surface area contributed by atoms with Crippen LogP contribution in [0.5, 0.6) is 11.5 Å². The van der Waals surface area contributed by atoms with Gasteiger partial charge in [0.05, 0.1) is 26.7 Å². The van der Waals surface area contributed by atoms with Gasteiger partial charge >= 0.3 is 5.97 Å². The van der Waals surface area contributed by atoms with Crippen molar-refractivity contribution in [1.82, 2.24) is 20.2 Å². The first-order chi connectivity index (χ1) is 10.1. The average molecular weight is 292 g/mol. The molecule has 0 aliphatic rings. The van der Waals surface area contributed by atoms with Crippen LogP contribution in [0.3, 0.4) is 0 Å². The first-order valence-electron chi connectivity index (χ1n) is 6.28. The molecule has 0 amide bonds. The number of carboxylic acids is 1. The summed E-state index contributed by atoms with van der Waals surface area (Å²) in [6.45, 7) is 1.79. The minimum absolute atomic E-state index is 0.187. The van der Waals surface area contributed by atoms with Crippen LogP contribution in [0.25, 0.3) is 11.4 Å². The largest absolute Gasteiger partial charge is 0.493 e. The van der Waals surface area contributed by atoms with Crippen molar-refractivity contribution in [3.8, 4) is 22.9 Å². The molecule has 1 aromatic carbocycles. The van der Waals surface area contributed by atoms with E-state index in [0.717, 1.165) is 5.56 Å². The van der Waals surface area contributed by atoms with Crippen molar-refractivity contribution < 1.29 is 19.4 Å². The van der Waals surface area contributed by atoms with Crippen molar-refractivity contribution in [2.75, 3.05) is 14.2 Å². The van der Waals surface area contributed by atoms with Crippen molar-refractivity contribution in [3.05, 3.63) is 18.2 Å². The lowest BCUT2D eigenvalue weighted by atomic mass is 10.1. The molecule has 0 fully saturated rings. The molecule has 1 heterocycles. The summed E-state index contributed by atoms with van der Waals surface area (Å²) in [5.74, 6) is 0.134. The third kappa shape index (κ3) is 3.10. The zero-order valence-electron chi connectivity index (χ0n) is 12.0.